The molecule has 12 heteroatoms. The van der Waals surface area contributed by atoms with Gasteiger partial charge < -0.3 is 29.7 Å². The van der Waals surface area contributed by atoms with Crippen molar-refractivity contribution < 1.29 is 52.9 Å². The van der Waals surface area contributed by atoms with Gasteiger partial charge in [-0.2, -0.15) is 0 Å². The van der Waals surface area contributed by atoms with E-state index in [9.17, 15) is 29.3 Å². The highest BCUT2D eigenvalue weighted by Crippen LogP contribution is 2.43. The topological polar surface area (TPSA) is 169 Å². The fourth-order valence-electron chi connectivity index (χ4n) is 5.92. The summed E-state index contributed by atoms with van der Waals surface area (Å²) in [5.74, 6) is -0.156. The average Bonchev–Trinajstić information content (AvgIpc) is 3.16. The van der Waals surface area contributed by atoms with E-state index in [0.717, 1.165) is 63.7 Å². The van der Waals surface area contributed by atoms with Gasteiger partial charge in [-0.25, -0.2) is 4.57 Å². The number of esters is 2. The maximum absolute atomic E-state index is 12.6. The van der Waals surface area contributed by atoms with Crippen molar-refractivity contribution in [2.75, 3.05) is 26.4 Å². The Bertz CT molecular complexity index is 1060. The molecule has 4 atom stereocenters. The minimum absolute atomic E-state index is 0.138. The van der Waals surface area contributed by atoms with E-state index in [-0.39, 0.29) is 19.4 Å². The number of rotatable bonds is 40. The number of carbonyl (C=O) groups excluding carboxylic acids is 2. The van der Waals surface area contributed by atoms with Gasteiger partial charge in [0.1, 0.15) is 12.7 Å². The number of phosphoric acid groups is 1. The predicted molar refractivity (Wildman–Crippen MR) is 225 cm³/mol. The number of carbonyl (C=O) groups is 2. The molecule has 0 radical (unpaired) electrons. The molecule has 0 aliphatic rings. The van der Waals surface area contributed by atoms with Gasteiger partial charge in [0.25, 0.3) is 0 Å². The van der Waals surface area contributed by atoms with Gasteiger partial charge in [0.2, 0.25) is 0 Å². The van der Waals surface area contributed by atoms with Crippen LogP contribution in [0.1, 0.15) is 181 Å². The molecule has 56 heavy (non-hydrogen) atoms. The second kappa shape index (κ2) is 38.7. The lowest BCUT2D eigenvalue weighted by Gasteiger charge is -2.20. The SMILES string of the molecule is CC/C=C/CC(O)/C=C/C=C/CCCCCCCC(=O)O[C@H](COC(=O)CCCCCCCCCCCCCCCCC(C)C)COP(=O)(O)OC[C@@H](O)CO. The van der Waals surface area contributed by atoms with Crippen molar-refractivity contribution in [2.45, 2.75) is 200 Å². The Hall–Kier alpha value is -1.85. The number of aliphatic hydroxyl groups excluding tert-OH is 3. The van der Waals surface area contributed by atoms with Crippen LogP contribution in [0.2, 0.25) is 0 Å². The summed E-state index contributed by atoms with van der Waals surface area (Å²) in [6, 6.07) is 0. The maximum Gasteiger partial charge on any atom is 0.472 e. The van der Waals surface area contributed by atoms with Crippen LogP contribution in [-0.2, 0) is 32.7 Å². The van der Waals surface area contributed by atoms with Crippen molar-refractivity contribution in [3.8, 4) is 0 Å². The molecule has 0 saturated carbocycles. The Labute approximate surface area is 340 Å². The third kappa shape index (κ3) is 39.0. The molecule has 0 aliphatic carbocycles. The van der Waals surface area contributed by atoms with Crippen molar-refractivity contribution in [1.82, 2.24) is 0 Å². The van der Waals surface area contributed by atoms with Gasteiger partial charge in [-0.05, 0) is 44.4 Å². The normalized spacial score (nSPS) is 14.9. The summed E-state index contributed by atoms with van der Waals surface area (Å²) in [5.41, 5.74) is 0. The number of phosphoric ester groups is 1. The summed E-state index contributed by atoms with van der Waals surface area (Å²) in [6.45, 7) is 4.47. The largest absolute Gasteiger partial charge is 0.472 e. The minimum atomic E-state index is -4.63. The summed E-state index contributed by atoms with van der Waals surface area (Å²) < 4.78 is 32.7. The highest BCUT2D eigenvalue weighted by Gasteiger charge is 2.27. The third-order valence-corrected chi connectivity index (χ3v) is 10.3. The zero-order valence-electron chi connectivity index (χ0n) is 35.4. The predicted octanol–water partition coefficient (Wildman–Crippen LogP) is 10.4. The van der Waals surface area contributed by atoms with Crippen LogP contribution < -0.4 is 0 Å². The molecule has 2 unspecified atom stereocenters. The maximum atomic E-state index is 12.6. The van der Waals surface area contributed by atoms with Crippen LogP contribution in [-0.4, -0.2) is 76.9 Å². The highest BCUT2D eigenvalue weighted by atomic mass is 31.2. The van der Waals surface area contributed by atoms with Crippen molar-refractivity contribution in [3.63, 3.8) is 0 Å². The number of hydrogen-bond acceptors (Lipinski definition) is 10. The molecule has 0 amide bonds. The lowest BCUT2D eigenvalue weighted by molar-refractivity contribution is -0.161. The number of ether oxygens (including phenoxy) is 2. The lowest BCUT2D eigenvalue weighted by Crippen LogP contribution is -2.29. The Morgan fingerprint density at radius 3 is 1.71 bits per heavy atom. The summed E-state index contributed by atoms with van der Waals surface area (Å²) >= 11 is 0. The summed E-state index contributed by atoms with van der Waals surface area (Å²) in [7, 11) is -4.63. The molecule has 0 saturated heterocycles. The van der Waals surface area contributed by atoms with Crippen LogP contribution in [0.25, 0.3) is 0 Å². The van der Waals surface area contributed by atoms with Crippen molar-refractivity contribution in [2.24, 2.45) is 5.92 Å². The molecule has 0 fully saturated rings. The Morgan fingerprint density at radius 1 is 0.643 bits per heavy atom. The smallest absolute Gasteiger partial charge is 0.462 e. The van der Waals surface area contributed by atoms with E-state index in [0.29, 0.717) is 19.3 Å². The molecule has 328 valence electrons. The number of hydrogen-bond donors (Lipinski definition) is 4. The summed E-state index contributed by atoms with van der Waals surface area (Å²) in [4.78, 5) is 35.0. The molecule has 0 aromatic rings. The molecule has 0 aromatic carbocycles. The van der Waals surface area contributed by atoms with Gasteiger partial charge in [-0.3, -0.25) is 18.6 Å². The molecule has 0 bridgehead atoms. The Morgan fingerprint density at radius 2 is 1.16 bits per heavy atom. The highest BCUT2D eigenvalue weighted by molar-refractivity contribution is 7.47. The standard InChI is InChI=1S/C44H81O11P/c1-4-5-25-31-40(46)32-27-22-18-14-12-16-20-24-29-34-44(49)55-42(38-54-56(50,51)53-36-41(47)35-45)37-52-43(48)33-28-23-19-15-11-9-7-6-8-10-13-17-21-26-30-39(2)3/h5,18,22,25,27,32,39-42,45-47H,4,6-17,19-21,23-24,26,28-31,33-38H2,1-3H3,(H,50,51)/b22-18+,25-5+,32-27+/t40?,41-,42+/m0/s1. The van der Waals surface area contributed by atoms with E-state index in [4.69, 9.17) is 19.1 Å². The van der Waals surface area contributed by atoms with Gasteiger partial charge in [-0.1, -0.05) is 166 Å². The second-order valence-corrected chi connectivity index (χ2v) is 16.8. The summed E-state index contributed by atoms with van der Waals surface area (Å²) in [5, 5.41) is 28.2. The first-order valence-electron chi connectivity index (χ1n) is 21.9. The lowest BCUT2D eigenvalue weighted by atomic mass is 10.0. The zero-order chi connectivity index (χ0) is 41.5. The monoisotopic (exact) mass is 817 g/mol. The molecule has 4 N–H and O–H groups in total. The van der Waals surface area contributed by atoms with E-state index in [1.54, 1.807) is 6.08 Å². The Kier molecular flexibility index (Phi) is 37.4. The zero-order valence-corrected chi connectivity index (χ0v) is 36.3. The van der Waals surface area contributed by atoms with E-state index in [2.05, 4.69) is 31.4 Å². The van der Waals surface area contributed by atoms with Gasteiger partial charge in [0.05, 0.1) is 25.9 Å². The van der Waals surface area contributed by atoms with Crippen LogP contribution in [0.5, 0.6) is 0 Å². The minimum Gasteiger partial charge on any atom is -0.462 e. The molecule has 0 rings (SSSR count). The van der Waals surface area contributed by atoms with Crippen molar-refractivity contribution in [3.05, 3.63) is 36.5 Å². The van der Waals surface area contributed by atoms with E-state index in [1.807, 2.05) is 24.3 Å². The first kappa shape index (κ1) is 54.2. The van der Waals surface area contributed by atoms with Crippen molar-refractivity contribution >= 4 is 19.8 Å². The molecule has 11 nitrogen and oxygen atoms in total. The van der Waals surface area contributed by atoms with Gasteiger partial charge >= 0.3 is 19.8 Å². The molecule has 0 spiro atoms. The van der Waals surface area contributed by atoms with Gasteiger partial charge in [0.15, 0.2) is 6.10 Å². The van der Waals surface area contributed by atoms with E-state index in [1.165, 1.54) is 70.6 Å². The average molecular weight is 817 g/mol. The molecule has 0 aromatic heterocycles. The van der Waals surface area contributed by atoms with E-state index >= 15 is 0 Å². The fourth-order valence-corrected chi connectivity index (χ4v) is 6.71. The van der Waals surface area contributed by atoms with E-state index < -0.39 is 57.9 Å². The van der Waals surface area contributed by atoms with Gasteiger partial charge in [0, 0.05) is 12.8 Å². The first-order valence-corrected chi connectivity index (χ1v) is 23.4. The van der Waals surface area contributed by atoms with Crippen LogP contribution in [0.3, 0.4) is 0 Å². The molecular formula is C44H81O11P. The number of unbranched alkanes of at least 4 members (excludes halogenated alkanes) is 18. The van der Waals surface area contributed by atoms with Crippen molar-refractivity contribution in [1.29, 1.82) is 0 Å². The van der Waals surface area contributed by atoms with Gasteiger partial charge in [-0.15, -0.1) is 0 Å². The van der Waals surface area contributed by atoms with Crippen LogP contribution in [0.4, 0.5) is 0 Å². The Balaban J connectivity index is 4.33. The molecule has 0 heterocycles. The quantitative estimate of drug-likeness (QED) is 0.0153. The number of aliphatic hydroxyl groups is 3. The second-order valence-electron chi connectivity index (χ2n) is 15.4. The fraction of sp³-hybridized carbons (Fsp3) is 0.818. The van der Waals surface area contributed by atoms with Crippen LogP contribution in [0, 0.1) is 5.92 Å². The van der Waals surface area contributed by atoms with Crippen LogP contribution >= 0.6 is 7.82 Å². The molecule has 0 aliphatic heterocycles. The summed E-state index contributed by atoms with van der Waals surface area (Å²) in [6.07, 6.45) is 34.4. The third-order valence-electron chi connectivity index (χ3n) is 9.32. The number of allylic oxidation sites excluding steroid dienone is 4. The van der Waals surface area contributed by atoms with Crippen LogP contribution in [0.15, 0.2) is 36.5 Å². The first-order chi connectivity index (χ1) is 27.0. The molecular weight excluding hydrogens is 735 g/mol.